The number of hydrogen-bond donors (Lipinski definition) is 0. The number of benzene rings is 1. The second-order valence-electron chi connectivity index (χ2n) is 2.95. The summed E-state index contributed by atoms with van der Waals surface area (Å²) in [5.74, 6) is 0. The average molecular weight is 372 g/mol. The van der Waals surface area contributed by atoms with Crippen LogP contribution in [0.15, 0.2) is 49.2 Å². The van der Waals surface area contributed by atoms with Crippen molar-refractivity contribution in [2.45, 2.75) is 0 Å². The van der Waals surface area contributed by atoms with Crippen LogP contribution in [-0.4, -0.2) is 4.98 Å². The van der Waals surface area contributed by atoms with Gasteiger partial charge in [-0.15, -0.1) is 42.0 Å². The molecule has 0 saturated heterocycles. The molecule has 1 heterocycles. The standard InChI is InChI=1S/C13H10N.Ir/c1-2-11-6-5-7-12(10-11)13-8-3-4-9-14-13;/h2-6,8-10H,1H2;/q-1;. The van der Waals surface area contributed by atoms with Crippen LogP contribution in [0.4, 0.5) is 0 Å². The molecule has 1 nitrogen and oxygen atoms in total. The quantitative estimate of drug-likeness (QED) is 0.738. The van der Waals surface area contributed by atoms with E-state index >= 15 is 0 Å². The van der Waals surface area contributed by atoms with Crippen molar-refractivity contribution in [2.24, 2.45) is 0 Å². The molecule has 0 saturated carbocycles. The molecule has 0 N–H and O–H groups in total. The molecule has 0 bridgehead atoms. The molecule has 0 atom stereocenters. The van der Waals surface area contributed by atoms with Gasteiger partial charge in [0.05, 0.1) is 0 Å². The van der Waals surface area contributed by atoms with E-state index in [1.807, 2.05) is 42.5 Å². The van der Waals surface area contributed by atoms with Gasteiger partial charge in [0.25, 0.3) is 0 Å². The summed E-state index contributed by atoms with van der Waals surface area (Å²) in [6, 6.07) is 14.9. The Morgan fingerprint density at radius 1 is 1.27 bits per heavy atom. The fraction of sp³-hybridized carbons (Fsp3) is 0. The monoisotopic (exact) mass is 373 g/mol. The Balaban J connectivity index is 0.00000112. The van der Waals surface area contributed by atoms with Gasteiger partial charge in [-0.3, -0.25) is 0 Å². The molecular formula is C13H10IrN-. The van der Waals surface area contributed by atoms with Crippen LogP contribution in [0.25, 0.3) is 17.3 Å². The van der Waals surface area contributed by atoms with Gasteiger partial charge >= 0.3 is 0 Å². The summed E-state index contributed by atoms with van der Waals surface area (Å²) in [6.45, 7) is 3.73. The predicted octanol–water partition coefficient (Wildman–Crippen LogP) is 3.19. The smallest absolute Gasteiger partial charge is 0.0160 e. The molecule has 0 unspecified atom stereocenters. The molecule has 0 spiro atoms. The average Bonchev–Trinajstić information content (AvgIpc) is 2.30. The topological polar surface area (TPSA) is 12.9 Å². The maximum atomic E-state index is 4.26. The van der Waals surface area contributed by atoms with Crippen LogP contribution in [0.2, 0.25) is 0 Å². The van der Waals surface area contributed by atoms with Gasteiger partial charge in [-0.05, 0) is 11.8 Å². The van der Waals surface area contributed by atoms with Gasteiger partial charge < -0.3 is 4.98 Å². The van der Waals surface area contributed by atoms with Crippen LogP contribution in [0.1, 0.15) is 5.56 Å². The second-order valence-corrected chi connectivity index (χ2v) is 2.95. The van der Waals surface area contributed by atoms with Crippen LogP contribution in [0, 0.1) is 6.07 Å². The summed E-state index contributed by atoms with van der Waals surface area (Å²) in [5.41, 5.74) is 3.03. The maximum absolute atomic E-state index is 4.26. The van der Waals surface area contributed by atoms with Gasteiger partial charge in [0.1, 0.15) is 0 Å². The number of aromatic nitrogens is 1. The summed E-state index contributed by atoms with van der Waals surface area (Å²) >= 11 is 0. The summed E-state index contributed by atoms with van der Waals surface area (Å²) < 4.78 is 0. The molecule has 2 heteroatoms. The Morgan fingerprint density at radius 2 is 2.13 bits per heavy atom. The Hall–Kier alpha value is -1.24. The summed E-state index contributed by atoms with van der Waals surface area (Å²) in [7, 11) is 0. The zero-order valence-electron chi connectivity index (χ0n) is 8.11. The summed E-state index contributed by atoms with van der Waals surface area (Å²) in [4.78, 5) is 4.26. The first-order valence-electron chi connectivity index (χ1n) is 4.46. The second kappa shape index (κ2) is 5.59. The van der Waals surface area contributed by atoms with Crippen molar-refractivity contribution >= 4 is 6.08 Å². The van der Waals surface area contributed by atoms with E-state index in [2.05, 4.69) is 17.6 Å². The van der Waals surface area contributed by atoms with Crippen LogP contribution >= 0.6 is 0 Å². The fourth-order valence-corrected chi connectivity index (χ4v) is 1.28. The minimum absolute atomic E-state index is 0. The Morgan fingerprint density at radius 3 is 2.80 bits per heavy atom. The van der Waals surface area contributed by atoms with Crippen LogP contribution < -0.4 is 0 Å². The number of pyridine rings is 1. The molecule has 0 aliphatic carbocycles. The van der Waals surface area contributed by atoms with Crippen molar-refractivity contribution < 1.29 is 20.1 Å². The fourth-order valence-electron chi connectivity index (χ4n) is 1.28. The van der Waals surface area contributed by atoms with Gasteiger partial charge in [0, 0.05) is 26.3 Å². The molecule has 0 fully saturated rings. The van der Waals surface area contributed by atoms with Gasteiger partial charge in [-0.25, -0.2) is 0 Å². The van der Waals surface area contributed by atoms with E-state index in [1.54, 1.807) is 6.20 Å². The molecule has 0 amide bonds. The van der Waals surface area contributed by atoms with Crippen molar-refractivity contribution in [3.8, 4) is 11.3 Å². The van der Waals surface area contributed by atoms with Crippen molar-refractivity contribution in [3.05, 3.63) is 60.8 Å². The molecule has 0 aliphatic heterocycles. The zero-order valence-corrected chi connectivity index (χ0v) is 10.5. The van der Waals surface area contributed by atoms with Gasteiger partial charge in [-0.2, -0.15) is 0 Å². The molecule has 2 rings (SSSR count). The van der Waals surface area contributed by atoms with Gasteiger partial charge in [0.15, 0.2) is 0 Å². The van der Waals surface area contributed by atoms with Crippen LogP contribution in [-0.2, 0) is 20.1 Å². The SMILES string of the molecule is C=Cc1cc[c-]c(-c2ccccn2)c1.[Ir]. The van der Waals surface area contributed by atoms with E-state index < -0.39 is 0 Å². The maximum Gasteiger partial charge on any atom is 0.0160 e. The van der Waals surface area contributed by atoms with E-state index in [9.17, 15) is 0 Å². The first-order valence-corrected chi connectivity index (χ1v) is 4.46. The van der Waals surface area contributed by atoms with E-state index in [-0.39, 0.29) is 20.1 Å². The third kappa shape index (κ3) is 2.85. The Labute approximate surface area is 103 Å². The molecular weight excluding hydrogens is 362 g/mol. The summed E-state index contributed by atoms with van der Waals surface area (Å²) in [5, 5.41) is 0. The largest absolute Gasteiger partial charge is 0.305 e. The number of hydrogen-bond acceptors (Lipinski definition) is 1. The molecule has 1 radical (unpaired) electrons. The van der Waals surface area contributed by atoms with Crippen LogP contribution in [0.3, 0.4) is 0 Å². The Kier molecular flexibility index (Phi) is 4.41. The molecule has 1 aromatic heterocycles. The molecule has 1 aromatic carbocycles. The van der Waals surface area contributed by atoms with E-state index in [4.69, 9.17) is 0 Å². The Bertz CT molecular complexity index is 437. The predicted molar refractivity (Wildman–Crippen MR) is 58.6 cm³/mol. The molecule has 2 aromatic rings. The van der Waals surface area contributed by atoms with Crippen molar-refractivity contribution in [2.75, 3.05) is 0 Å². The molecule has 0 aliphatic rings. The summed E-state index contributed by atoms with van der Waals surface area (Å²) in [6.07, 6.45) is 3.60. The number of nitrogens with zero attached hydrogens (tertiary/aromatic N) is 1. The van der Waals surface area contributed by atoms with Crippen molar-refractivity contribution in [1.82, 2.24) is 4.98 Å². The van der Waals surface area contributed by atoms with E-state index in [0.717, 1.165) is 16.8 Å². The zero-order chi connectivity index (χ0) is 9.80. The van der Waals surface area contributed by atoms with Crippen LogP contribution in [0.5, 0.6) is 0 Å². The van der Waals surface area contributed by atoms with Crippen molar-refractivity contribution in [3.63, 3.8) is 0 Å². The minimum Gasteiger partial charge on any atom is -0.305 e. The van der Waals surface area contributed by atoms with E-state index in [0.29, 0.717) is 0 Å². The third-order valence-electron chi connectivity index (χ3n) is 2.00. The normalized spacial score (nSPS) is 9.07. The minimum atomic E-state index is 0. The van der Waals surface area contributed by atoms with Gasteiger partial charge in [0.2, 0.25) is 0 Å². The van der Waals surface area contributed by atoms with Crippen molar-refractivity contribution in [1.29, 1.82) is 0 Å². The molecule has 15 heavy (non-hydrogen) atoms. The molecule has 77 valence electrons. The first-order chi connectivity index (χ1) is 6.90. The first kappa shape index (κ1) is 11.8. The number of rotatable bonds is 2. The van der Waals surface area contributed by atoms with E-state index in [1.165, 1.54) is 0 Å². The van der Waals surface area contributed by atoms with Gasteiger partial charge in [-0.1, -0.05) is 18.2 Å². The third-order valence-corrected chi connectivity index (χ3v) is 2.00.